The smallest absolute Gasteiger partial charge is 0.324 e. The van der Waals surface area contributed by atoms with Crippen LogP contribution >= 0.6 is 0 Å². The standard InChI is InChI=1S/C6H10N4O/c1-4-8-6(11-9-4)10-2-5(7)3-10/h5H,2-3,7H2,1H3. The summed E-state index contributed by atoms with van der Waals surface area (Å²) in [6, 6.07) is 0.853. The summed E-state index contributed by atoms with van der Waals surface area (Å²) >= 11 is 0. The Kier molecular flexibility index (Phi) is 1.32. The van der Waals surface area contributed by atoms with Gasteiger partial charge in [0.15, 0.2) is 5.82 Å². The van der Waals surface area contributed by atoms with Crippen LogP contribution < -0.4 is 10.6 Å². The molecule has 60 valence electrons. The molecule has 5 heteroatoms. The Hall–Kier alpha value is -1.10. The van der Waals surface area contributed by atoms with Crippen LogP contribution in [0.4, 0.5) is 6.01 Å². The highest BCUT2D eigenvalue weighted by atomic mass is 16.5. The van der Waals surface area contributed by atoms with Crippen LogP contribution in [-0.2, 0) is 0 Å². The minimum absolute atomic E-state index is 0.266. The quantitative estimate of drug-likeness (QED) is 0.592. The second-order valence-corrected chi connectivity index (χ2v) is 2.79. The predicted octanol–water partition coefficient (Wildman–Crippen LogP) is -0.475. The first-order chi connectivity index (χ1) is 5.25. The highest BCUT2D eigenvalue weighted by Crippen LogP contribution is 2.16. The molecule has 5 nitrogen and oxygen atoms in total. The van der Waals surface area contributed by atoms with Crippen LogP contribution in [0.15, 0.2) is 4.52 Å². The van der Waals surface area contributed by atoms with E-state index in [0.717, 1.165) is 13.1 Å². The van der Waals surface area contributed by atoms with Gasteiger partial charge in [-0.1, -0.05) is 5.16 Å². The second-order valence-electron chi connectivity index (χ2n) is 2.79. The maximum Gasteiger partial charge on any atom is 0.324 e. The monoisotopic (exact) mass is 154 g/mol. The number of nitrogens with zero attached hydrogens (tertiary/aromatic N) is 3. The minimum Gasteiger partial charge on any atom is -0.325 e. The first kappa shape index (κ1) is 6.60. The molecule has 2 N–H and O–H groups in total. The first-order valence-corrected chi connectivity index (χ1v) is 3.56. The third-order valence-corrected chi connectivity index (χ3v) is 1.70. The summed E-state index contributed by atoms with van der Waals surface area (Å²) < 4.78 is 4.93. The number of aryl methyl sites for hydroxylation is 1. The van der Waals surface area contributed by atoms with Crippen LogP contribution in [0, 0.1) is 6.92 Å². The van der Waals surface area contributed by atoms with Crippen LogP contribution in [0.2, 0.25) is 0 Å². The lowest BCUT2D eigenvalue weighted by Gasteiger charge is -2.34. The first-order valence-electron chi connectivity index (χ1n) is 3.56. The van der Waals surface area contributed by atoms with Crippen molar-refractivity contribution < 1.29 is 4.52 Å². The predicted molar refractivity (Wildman–Crippen MR) is 39.2 cm³/mol. The van der Waals surface area contributed by atoms with Gasteiger partial charge in [-0.3, -0.25) is 0 Å². The van der Waals surface area contributed by atoms with Gasteiger partial charge in [0.2, 0.25) is 0 Å². The Morgan fingerprint density at radius 1 is 1.64 bits per heavy atom. The fraction of sp³-hybridized carbons (Fsp3) is 0.667. The summed E-state index contributed by atoms with van der Waals surface area (Å²) in [5.41, 5.74) is 5.58. The molecule has 1 aliphatic rings. The Morgan fingerprint density at radius 3 is 2.82 bits per heavy atom. The van der Waals surface area contributed by atoms with Crippen LogP contribution in [-0.4, -0.2) is 29.3 Å². The van der Waals surface area contributed by atoms with Gasteiger partial charge < -0.3 is 15.2 Å². The van der Waals surface area contributed by atoms with Crippen molar-refractivity contribution in [2.75, 3.05) is 18.0 Å². The summed E-state index contributed by atoms with van der Waals surface area (Å²) in [7, 11) is 0. The second kappa shape index (κ2) is 2.20. The van der Waals surface area contributed by atoms with Crippen molar-refractivity contribution in [1.29, 1.82) is 0 Å². The average molecular weight is 154 g/mol. The van der Waals surface area contributed by atoms with Crippen LogP contribution in [0.3, 0.4) is 0 Å². The number of nitrogens with two attached hydrogens (primary N) is 1. The van der Waals surface area contributed by atoms with E-state index >= 15 is 0 Å². The lowest BCUT2D eigenvalue weighted by molar-refractivity contribution is 0.380. The molecule has 1 aliphatic heterocycles. The summed E-state index contributed by atoms with van der Waals surface area (Å²) in [6.07, 6.45) is 0. The molecule has 2 rings (SSSR count). The molecule has 1 aromatic heterocycles. The van der Waals surface area contributed by atoms with Crippen molar-refractivity contribution in [3.8, 4) is 0 Å². The van der Waals surface area contributed by atoms with Gasteiger partial charge in [0.25, 0.3) is 0 Å². The van der Waals surface area contributed by atoms with E-state index in [0.29, 0.717) is 11.8 Å². The van der Waals surface area contributed by atoms with E-state index in [2.05, 4.69) is 10.1 Å². The fourth-order valence-corrected chi connectivity index (χ4v) is 1.08. The van der Waals surface area contributed by atoms with Gasteiger partial charge in [-0.25, -0.2) is 0 Å². The molecular weight excluding hydrogens is 144 g/mol. The average Bonchev–Trinajstić information content (AvgIpc) is 2.29. The molecule has 0 spiro atoms. The van der Waals surface area contributed by atoms with E-state index in [1.54, 1.807) is 6.92 Å². The number of hydrogen-bond donors (Lipinski definition) is 1. The van der Waals surface area contributed by atoms with Crippen molar-refractivity contribution in [1.82, 2.24) is 10.1 Å². The summed E-state index contributed by atoms with van der Waals surface area (Å²) in [4.78, 5) is 6.02. The number of aromatic nitrogens is 2. The van der Waals surface area contributed by atoms with E-state index in [4.69, 9.17) is 10.3 Å². The SMILES string of the molecule is Cc1noc(N2CC(N)C2)n1. The lowest BCUT2D eigenvalue weighted by atomic mass is 10.1. The molecule has 2 heterocycles. The maximum atomic E-state index is 5.58. The molecule has 0 radical (unpaired) electrons. The Balaban J connectivity index is 2.07. The van der Waals surface area contributed by atoms with Crippen molar-refractivity contribution in [2.24, 2.45) is 5.73 Å². The van der Waals surface area contributed by atoms with E-state index in [9.17, 15) is 0 Å². The van der Waals surface area contributed by atoms with Crippen molar-refractivity contribution in [2.45, 2.75) is 13.0 Å². The zero-order valence-corrected chi connectivity index (χ0v) is 6.32. The normalized spacial score (nSPS) is 18.5. The van der Waals surface area contributed by atoms with Gasteiger partial charge in [0.05, 0.1) is 0 Å². The zero-order chi connectivity index (χ0) is 7.84. The van der Waals surface area contributed by atoms with Gasteiger partial charge in [0, 0.05) is 19.1 Å². The van der Waals surface area contributed by atoms with Crippen LogP contribution in [0.5, 0.6) is 0 Å². The number of rotatable bonds is 1. The summed E-state index contributed by atoms with van der Waals surface area (Å²) in [5.74, 6) is 0.667. The van der Waals surface area contributed by atoms with E-state index in [1.807, 2.05) is 4.90 Å². The van der Waals surface area contributed by atoms with Crippen molar-refractivity contribution >= 4 is 6.01 Å². The third-order valence-electron chi connectivity index (χ3n) is 1.70. The van der Waals surface area contributed by atoms with Gasteiger partial charge >= 0.3 is 6.01 Å². The maximum absolute atomic E-state index is 5.58. The molecule has 0 atom stereocenters. The largest absolute Gasteiger partial charge is 0.325 e. The number of hydrogen-bond acceptors (Lipinski definition) is 5. The summed E-state index contributed by atoms with van der Waals surface area (Å²) in [5, 5.41) is 3.68. The van der Waals surface area contributed by atoms with Crippen LogP contribution in [0.1, 0.15) is 5.82 Å². The molecule has 0 unspecified atom stereocenters. The molecule has 1 fully saturated rings. The highest BCUT2D eigenvalue weighted by molar-refractivity contribution is 5.31. The minimum atomic E-state index is 0.266. The van der Waals surface area contributed by atoms with Crippen molar-refractivity contribution in [3.05, 3.63) is 5.82 Å². The molecule has 11 heavy (non-hydrogen) atoms. The third kappa shape index (κ3) is 1.07. The van der Waals surface area contributed by atoms with Crippen molar-refractivity contribution in [3.63, 3.8) is 0 Å². The van der Waals surface area contributed by atoms with E-state index in [1.165, 1.54) is 0 Å². The Morgan fingerprint density at radius 2 is 2.36 bits per heavy atom. The van der Waals surface area contributed by atoms with Gasteiger partial charge in [-0.05, 0) is 6.92 Å². The zero-order valence-electron chi connectivity index (χ0n) is 6.32. The molecule has 1 aromatic rings. The Bertz CT molecular complexity index is 253. The van der Waals surface area contributed by atoms with Gasteiger partial charge in [0.1, 0.15) is 0 Å². The topological polar surface area (TPSA) is 68.2 Å². The van der Waals surface area contributed by atoms with Gasteiger partial charge in [-0.2, -0.15) is 4.98 Å². The molecule has 0 aromatic carbocycles. The summed E-state index contributed by atoms with van der Waals surface area (Å²) in [6.45, 7) is 3.44. The fourth-order valence-electron chi connectivity index (χ4n) is 1.08. The molecular formula is C6H10N4O. The molecule has 1 saturated heterocycles. The van der Waals surface area contributed by atoms with E-state index in [-0.39, 0.29) is 6.04 Å². The molecule has 0 amide bonds. The Labute approximate surface area is 64.2 Å². The molecule has 0 saturated carbocycles. The van der Waals surface area contributed by atoms with E-state index < -0.39 is 0 Å². The lowest BCUT2D eigenvalue weighted by Crippen LogP contribution is -2.56. The highest BCUT2D eigenvalue weighted by Gasteiger charge is 2.26. The number of anilines is 1. The molecule has 0 aliphatic carbocycles. The molecule has 0 bridgehead atoms. The van der Waals surface area contributed by atoms with Gasteiger partial charge in [-0.15, -0.1) is 0 Å². The van der Waals surface area contributed by atoms with Crippen LogP contribution in [0.25, 0.3) is 0 Å².